The van der Waals surface area contributed by atoms with Crippen LogP contribution in [0.15, 0.2) is 54.6 Å². The van der Waals surface area contributed by atoms with Gasteiger partial charge in [-0.15, -0.1) is 0 Å². The number of carbonyl (C=O) groups excluding carboxylic acids is 1. The van der Waals surface area contributed by atoms with Gasteiger partial charge in [0.2, 0.25) is 5.91 Å². The SMILES string of the molecule is NC[C@H]1CCC[C@H]1C(=O)NCc1ccc(COCc2ccccc2)cc1. The zero-order valence-corrected chi connectivity index (χ0v) is 15.2. The molecule has 1 saturated carbocycles. The number of amides is 1. The number of hydrogen-bond acceptors (Lipinski definition) is 3. The van der Waals surface area contributed by atoms with Gasteiger partial charge in [0.1, 0.15) is 0 Å². The van der Waals surface area contributed by atoms with E-state index >= 15 is 0 Å². The number of ether oxygens (including phenoxy) is 1. The third-order valence-electron chi connectivity index (χ3n) is 5.17. The summed E-state index contributed by atoms with van der Waals surface area (Å²) in [6, 6.07) is 18.4. The van der Waals surface area contributed by atoms with Gasteiger partial charge in [0, 0.05) is 12.5 Å². The van der Waals surface area contributed by atoms with E-state index in [0.717, 1.165) is 30.4 Å². The predicted octanol–water partition coefficient (Wildman–Crippen LogP) is 3.39. The summed E-state index contributed by atoms with van der Waals surface area (Å²) in [4.78, 5) is 12.3. The van der Waals surface area contributed by atoms with Crippen molar-refractivity contribution in [3.05, 3.63) is 71.3 Å². The van der Waals surface area contributed by atoms with Crippen molar-refractivity contribution >= 4 is 5.91 Å². The molecule has 0 aliphatic heterocycles. The molecule has 3 rings (SSSR count). The highest BCUT2D eigenvalue weighted by atomic mass is 16.5. The molecule has 2 atom stereocenters. The molecule has 138 valence electrons. The summed E-state index contributed by atoms with van der Waals surface area (Å²) in [5.74, 6) is 0.582. The van der Waals surface area contributed by atoms with Gasteiger partial charge in [0.15, 0.2) is 0 Å². The molecule has 1 aliphatic rings. The Kier molecular flexibility index (Phi) is 6.81. The van der Waals surface area contributed by atoms with Gasteiger partial charge < -0.3 is 15.8 Å². The molecular formula is C22H28N2O2. The molecule has 0 unspecified atom stereocenters. The zero-order chi connectivity index (χ0) is 18.2. The van der Waals surface area contributed by atoms with Gasteiger partial charge in [-0.25, -0.2) is 0 Å². The van der Waals surface area contributed by atoms with Crippen molar-refractivity contribution < 1.29 is 9.53 Å². The molecular weight excluding hydrogens is 324 g/mol. The van der Waals surface area contributed by atoms with Gasteiger partial charge in [-0.3, -0.25) is 4.79 Å². The number of hydrogen-bond donors (Lipinski definition) is 2. The van der Waals surface area contributed by atoms with Crippen LogP contribution in [0.2, 0.25) is 0 Å². The largest absolute Gasteiger partial charge is 0.372 e. The number of rotatable bonds is 8. The molecule has 26 heavy (non-hydrogen) atoms. The van der Waals surface area contributed by atoms with E-state index < -0.39 is 0 Å². The Labute approximate surface area is 155 Å². The fourth-order valence-corrected chi connectivity index (χ4v) is 3.60. The standard InChI is InChI=1S/C22H28N2O2/c23-13-20-7-4-8-21(20)22(25)24-14-17-9-11-19(12-10-17)16-26-15-18-5-2-1-3-6-18/h1-3,5-6,9-12,20-21H,4,7-8,13-16,23H2,(H,24,25)/t20-,21-/m1/s1. The van der Waals surface area contributed by atoms with Crippen LogP contribution in [-0.4, -0.2) is 12.5 Å². The fourth-order valence-electron chi connectivity index (χ4n) is 3.60. The Morgan fingerprint density at radius 1 is 0.962 bits per heavy atom. The summed E-state index contributed by atoms with van der Waals surface area (Å²) in [6.45, 7) is 2.37. The monoisotopic (exact) mass is 352 g/mol. The average Bonchev–Trinajstić information content (AvgIpc) is 3.17. The minimum Gasteiger partial charge on any atom is -0.372 e. The second-order valence-electron chi connectivity index (χ2n) is 7.05. The minimum atomic E-state index is 0.0886. The Hall–Kier alpha value is -2.17. The first kappa shape index (κ1) is 18.6. The maximum Gasteiger partial charge on any atom is 0.223 e. The molecule has 4 heteroatoms. The molecule has 0 aromatic heterocycles. The molecule has 0 saturated heterocycles. The molecule has 0 radical (unpaired) electrons. The highest BCUT2D eigenvalue weighted by Crippen LogP contribution is 2.30. The van der Waals surface area contributed by atoms with Gasteiger partial charge in [-0.05, 0) is 42.0 Å². The first-order valence-electron chi connectivity index (χ1n) is 9.43. The fraction of sp³-hybridized carbons (Fsp3) is 0.409. The van der Waals surface area contributed by atoms with Gasteiger partial charge >= 0.3 is 0 Å². The van der Waals surface area contributed by atoms with Gasteiger partial charge in [-0.1, -0.05) is 61.0 Å². The molecule has 1 amide bonds. The Bertz CT molecular complexity index is 685. The van der Waals surface area contributed by atoms with Crippen LogP contribution >= 0.6 is 0 Å². The van der Waals surface area contributed by atoms with Crippen LogP contribution in [0.5, 0.6) is 0 Å². The van der Waals surface area contributed by atoms with E-state index in [0.29, 0.717) is 32.2 Å². The summed E-state index contributed by atoms with van der Waals surface area (Å²) in [6.07, 6.45) is 3.15. The highest BCUT2D eigenvalue weighted by molar-refractivity contribution is 5.79. The number of nitrogens with two attached hydrogens (primary N) is 1. The first-order chi connectivity index (χ1) is 12.8. The molecule has 2 aromatic rings. The van der Waals surface area contributed by atoms with Crippen molar-refractivity contribution in [3.63, 3.8) is 0 Å². The maximum absolute atomic E-state index is 12.3. The zero-order valence-electron chi connectivity index (χ0n) is 15.2. The van der Waals surface area contributed by atoms with Crippen molar-refractivity contribution in [1.82, 2.24) is 5.32 Å². The summed E-state index contributed by atoms with van der Waals surface area (Å²) in [5, 5.41) is 3.06. The Balaban J connectivity index is 1.42. The third-order valence-corrected chi connectivity index (χ3v) is 5.17. The van der Waals surface area contributed by atoms with E-state index in [9.17, 15) is 4.79 Å². The van der Waals surface area contributed by atoms with E-state index in [1.54, 1.807) is 0 Å². The van der Waals surface area contributed by atoms with Gasteiger partial charge in [0.05, 0.1) is 13.2 Å². The lowest BCUT2D eigenvalue weighted by Crippen LogP contribution is -2.34. The average molecular weight is 352 g/mol. The van der Waals surface area contributed by atoms with E-state index in [1.807, 2.05) is 18.2 Å². The number of benzene rings is 2. The Morgan fingerprint density at radius 2 is 1.62 bits per heavy atom. The quantitative estimate of drug-likeness (QED) is 0.765. The van der Waals surface area contributed by atoms with Crippen LogP contribution in [-0.2, 0) is 29.3 Å². The third kappa shape index (κ3) is 5.16. The van der Waals surface area contributed by atoms with E-state index in [4.69, 9.17) is 10.5 Å². The second-order valence-corrected chi connectivity index (χ2v) is 7.05. The van der Waals surface area contributed by atoms with Crippen LogP contribution < -0.4 is 11.1 Å². The number of nitrogens with one attached hydrogen (secondary N) is 1. The van der Waals surface area contributed by atoms with Crippen LogP contribution in [0.25, 0.3) is 0 Å². The smallest absolute Gasteiger partial charge is 0.223 e. The molecule has 3 N–H and O–H groups in total. The first-order valence-corrected chi connectivity index (χ1v) is 9.43. The molecule has 0 heterocycles. The summed E-state index contributed by atoms with van der Waals surface area (Å²) in [5.41, 5.74) is 9.18. The van der Waals surface area contributed by atoms with E-state index in [2.05, 4.69) is 41.7 Å². The molecule has 1 aliphatic carbocycles. The molecule has 0 bridgehead atoms. The normalized spacial score (nSPS) is 19.4. The van der Waals surface area contributed by atoms with Crippen molar-refractivity contribution in [3.8, 4) is 0 Å². The summed E-state index contributed by atoms with van der Waals surface area (Å²) >= 11 is 0. The maximum atomic E-state index is 12.3. The van der Waals surface area contributed by atoms with Crippen LogP contribution in [0.4, 0.5) is 0 Å². The van der Waals surface area contributed by atoms with Crippen molar-refractivity contribution in [1.29, 1.82) is 0 Å². The van der Waals surface area contributed by atoms with E-state index in [-0.39, 0.29) is 11.8 Å². The van der Waals surface area contributed by atoms with E-state index in [1.165, 1.54) is 5.56 Å². The van der Waals surface area contributed by atoms with Crippen LogP contribution in [0, 0.1) is 11.8 Å². The lowest BCUT2D eigenvalue weighted by atomic mass is 9.95. The summed E-state index contributed by atoms with van der Waals surface area (Å²) in [7, 11) is 0. The molecule has 4 nitrogen and oxygen atoms in total. The highest BCUT2D eigenvalue weighted by Gasteiger charge is 2.31. The van der Waals surface area contributed by atoms with Crippen molar-refractivity contribution in [2.45, 2.75) is 39.0 Å². The van der Waals surface area contributed by atoms with Gasteiger partial charge in [-0.2, -0.15) is 0 Å². The minimum absolute atomic E-state index is 0.0886. The Morgan fingerprint density at radius 3 is 2.31 bits per heavy atom. The number of carbonyl (C=O) groups is 1. The second kappa shape index (κ2) is 9.51. The van der Waals surface area contributed by atoms with Crippen LogP contribution in [0.1, 0.15) is 36.0 Å². The molecule has 2 aromatic carbocycles. The van der Waals surface area contributed by atoms with Crippen LogP contribution in [0.3, 0.4) is 0 Å². The lowest BCUT2D eigenvalue weighted by Gasteiger charge is -2.17. The van der Waals surface area contributed by atoms with Gasteiger partial charge in [0.25, 0.3) is 0 Å². The lowest BCUT2D eigenvalue weighted by molar-refractivity contribution is -0.126. The van der Waals surface area contributed by atoms with Crippen molar-refractivity contribution in [2.75, 3.05) is 6.54 Å². The topological polar surface area (TPSA) is 64.4 Å². The molecule has 0 spiro atoms. The molecule has 1 fully saturated rings. The summed E-state index contributed by atoms with van der Waals surface area (Å²) < 4.78 is 5.75. The van der Waals surface area contributed by atoms with Crippen molar-refractivity contribution in [2.24, 2.45) is 17.6 Å². The predicted molar refractivity (Wildman–Crippen MR) is 103 cm³/mol.